The van der Waals surface area contributed by atoms with Crippen LogP contribution in [0.4, 0.5) is 10.5 Å². The number of benzene rings is 1. The van der Waals surface area contributed by atoms with Crippen LogP contribution in [0.1, 0.15) is 44.1 Å². The fourth-order valence-electron chi connectivity index (χ4n) is 3.19. The molecule has 1 aromatic rings. The summed E-state index contributed by atoms with van der Waals surface area (Å²) in [5.41, 5.74) is 1.34. The van der Waals surface area contributed by atoms with E-state index in [0.717, 1.165) is 30.5 Å². The van der Waals surface area contributed by atoms with Crippen LogP contribution in [0.25, 0.3) is 0 Å². The topological polar surface area (TPSA) is 69.6 Å². The largest absolute Gasteiger partial charge is 0.481 e. The Morgan fingerprint density at radius 3 is 2.67 bits per heavy atom. The summed E-state index contributed by atoms with van der Waals surface area (Å²) in [4.78, 5) is 25.6. The molecule has 1 heterocycles. The third-order valence-electron chi connectivity index (χ3n) is 4.65. The summed E-state index contributed by atoms with van der Waals surface area (Å²) in [6, 6.07) is 7.18. The number of hydrogen-bond acceptors (Lipinski definition) is 2. The van der Waals surface area contributed by atoms with Gasteiger partial charge in [-0.15, -0.1) is 0 Å². The van der Waals surface area contributed by atoms with Gasteiger partial charge in [-0.3, -0.25) is 9.69 Å². The van der Waals surface area contributed by atoms with Gasteiger partial charge in [0.1, 0.15) is 0 Å². The van der Waals surface area contributed by atoms with E-state index < -0.39 is 11.9 Å². The van der Waals surface area contributed by atoms with Crippen molar-refractivity contribution in [2.75, 3.05) is 11.4 Å². The maximum atomic E-state index is 12.5. The van der Waals surface area contributed by atoms with E-state index >= 15 is 0 Å². The maximum absolute atomic E-state index is 12.5. The number of fused-ring (bicyclic) bond motifs is 1. The molecular formula is C16H20N2O3. The molecule has 2 amide bonds. The lowest BCUT2D eigenvalue weighted by molar-refractivity contribution is -0.139. The first-order valence-electron chi connectivity index (χ1n) is 7.42. The van der Waals surface area contributed by atoms with Gasteiger partial charge in [0.25, 0.3) is 0 Å². The molecule has 1 atom stereocenters. The number of carboxylic acid groups (broad SMARTS) is 1. The summed E-state index contributed by atoms with van der Waals surface area (Å²) in [7, 11) is 0. The SMILES string of the molecule is CC1(NC(=O)N2CCC(C(=O)O)c3ccccc32)CCC1. The molecule has 5 heteroatoms. The van der Waals surface area contributed by atoms with Gasteiger partial charge in [0.05, 0.1) is 5.92 Å². The standard InChI is InChI=1S/C16H20N2O3/c1-16(8-4-9-16)17-15(21)18-10-7-12(14(19)20)11-5-2-3-6-13(11)18/h2-3,5-6,12H,4,7-10H2,1H3,(H,17,21)(H,19,20). The summed E-state index contributed by atoms with van der Waals surface area (Å²) in [6.45, 7) is 2.50. The van der Waals surface area contributed by atoms with E-state index in [2.05, 4.69) is 12.2 Å². The van der Waals surface area contributed by atoms with E-state index in [1.165, 1.54) is 0 Å². The van der Waals surface area contributed by atoms with Crippen molar-refractivity contribution < 1.29 is 14.7 Å². The van der Waals surface area contributed by atoms with Crippen LogP contribution in [-0.2, 0) is 4.79 Å². The summed E-state index contributed by atoms with van der Waals surface area (Å²) in [5, 5.41) is 12.4. The number of nitrogens with zero attached hydrogens (tertiary/aromatic N) is 1. The molecule has 0 bridgehead atoms. The number of carbonyl (C=O) groups is 2. The second kappa shape index (κ2) is 5.06. The van der Waals surface area contributed by atoms with Crippen molar-refractivity contribution in [3.63, 3.8) is 0 Å². The van der Waals surface area contributed by atoms with Gasteiger partial charge >= 0.3 is 12.0 Å². The lowest BCUT2D eigenvalue weighted by atomic mass is 9.78. The Labute approximate surface area is 123 Å². The highest BCUT2D eigenvalue weighted by atomic mass is 16.4. The Balaban J connectivity index is 1.85. The fourth-order valence-corrected chi connectivity index (χ4v) is 3.19. The molecule has 1 unspecified atom stereocenters. The number of aliphatic carboxylic acids is 1. The van der Waals surface area contributed by atoms with Crippen molar-refractivity contribution in [2.24, 2.45) is 0 Å². The number of nitrogens with one attached hydrogen (secondary N) is 1. The number of urea groups is 1. The summed E-state index contributed by atoms with van der Waals surface area (Å²) >= 11 is 0. The quantitative estimate of drug-likeness (QED) is 0.879. The van der Waals surface area contributed by atoms with Crippen LogP contribution in [0.15, 0.2) is 24.3 Å². The lowest BCUT2D eigenvalue weighted by Gasteiger charge is -2.42. The first-order valence-corrected chi connectivity index (χ1v) is 7.42. The van der Waals surface area contributed by atoms with Crippen molar-refractivity contribution in [1.82, 2.24) is 5.32 Å². The van der Waals surface area contributed by atoms with Crippen molar-refractivity contribution in [1.29, 1.82) is 0 Å². The Morgan fingerprint density at radius 2 is 2.05 bits per heavy atom. The zero-order valence-corrected chi connectivity index (χ0v) is 12.1. The number of para-hydroxylation sites is 1. The van der Waals surface area contributed by atoms with Gasteiger partial charge in [0, 0.05) is 17.8 Å². The fraction of sp³-hybridized carbons (Fsp3) is 0.500. The van der Waals surface area contributed by atoms with E-state index in [0.29, 0.717) is 13.0 Å². The van der Waals surface area contributed by atoms with E-state index in [1.807, 2.05) is 18.2 Å². The van der Waals surface area contributed by atoms with Crippen molar-refractivity contribution in [2.45, 2.75) is 44.1 Å². The number of rotatable bonds is 2. The minimum atomic E-state index is -0.825. The first-order chi connectivity index (χ1) is 10.0. The predicted molar refractivity (Wildman–Crippen MR) is 79.6 cm³/mol. The Hall–Kier alpha value is -2.04. The molecular weight excluding hydrogens is 268 g/mol. The molecule has 2 N–H and O–H groups in total. The minimum absolute atomic E-state index is 0.102. The molecule has 0 saturated heterocycles. The van der Waals surface area contributed by atoms with Crippen LogP contribution in [0.3, 0.4) is 0 Å². The average Bonchev–Trinajstić information content (AvgIpc) is 2.44. The van der Waals surface area contributed by atoms with E-state index in [9.17, 15) is 14.7 Å². The molecule has 5 nitrogen and oxygen atoms in total. The van der Waals surface area contributed by atoms with Crippen LogP contribution in [0.2, 0.25) is 0 Å². The van der Waals surface area contributed by atoms with Crippen LogP contribution in [0.5, 0.6) is 0 Å². The second-order valence-corrected chi connectivity index (χ2v) is 6.23. The zero-order chi connectivity index (χ0) is 15.0. The smallest absolute Gasteiger partial charge is 0.322 e. The zero-order valence-electron chi connectivity index (χ0n) is 12.1. The van der Waals surface area contributed by atoms with Crippen LogP contribution < -0.4 is 10.2 Å². The molecule has 112 valence electrons. The van der Waals surface area contributed by atoms with E-state index in [4.69, 9.17) is 0 Å². The highest BCUT2D eigenvalue weighted by Crippen LogP contribution is 2.36. The second-order valence-electron chi connectivity index (χ2n) is 6.23. The summed E-state index contributed by atoms with van der Waals surface area (Å²) in [5.74, 6) is -1.35. The van der Waals surface area contributed by atoms with Crippen molar-refractivity contribution in [3.8, 4) is 0 Å². The molecule has 1 fully saturated rings. The number of hydrogen-bond donors (Lipinski definition) is 2. The molecule has 0 aromatic heterocycles. The summed E-state index contributed by atoms with van der Waals surface area (Å²) in [6.07, 6.45) is 3.61. The van der Waals surface area contributed by atoms with Crippen molar-refractivity contribution in [3.05, 3.63) is 29.8 Å². The molecule has 0 radical (unpaired) electrons. The Bertz CT molecular complexity index is 581. The summed E-state index contributed by atoms with van der Waals surface area (Å²) < 4.78 is 0. The molecule has 3 rings (SSSR count). The van der Waals surface area contributed by atoms with E-state index in [1.54, 1.807) is 11.0 Å². The maximum Gasteiger partial charge on any atom is 0.322 e. The normalized spacial score (nSPS) is 22.9. The molecule has 1 aliphatic heterocycles. The van der Waals surface area contributed by atoms with Gasteiger partial charge in [-0.05, 0) is 44.2 Å². The number of anilines is 1. The Morgan fingerprint density at radius 1 is 1.33 bits per heavy atom. The van der Waals surface area contributed by atoms with E-state index in [-0.39, 0.29) is 11.6 Å². The van der Waals surface area contributed by atoms with Gasteiger partial charge in [-0.1, -0.05) is 18.2 Å². The molecule has 1 saturated carbocycles. The van der Waals surface area contributed by atoms with Gasteiger partial charge < -0.3 is 10.4 Å². The first kappa shape index (κ1) is 13.9. The van der Waals surface area contributed by atoms with Gasteiger partial charge in [0.15, 0.2) is 0 Å². The molecule has 0 spiro atoms. The van der Waals surface area contributed by atoms with Crippen molar-refractivity contribution >= 4 is 17.7 Å². The van der Waals surface area contributed by atoms with Gasteiger partial charge in [-0.25, -0.2) is 4.79 Å². The van der Waals surface area contributed by atoms with Crippen LogP contribution in [-0.4, -0.2) is 29.2 Å². The minimum Gasteiger partial charge on any atom is -0.481 e. The number of carboxylic acids is 1. The third kappa shape index (κ3) is 2.48. The number of carbonyl (C=O) groups excluding carboxylic acids is 1. The monoisotopic (exact) mass is 288 g/mol. The average molecular weight is 288 g/mol. The predicted octanol–water partition coefficient (Wildman–Crippen LogP) is 2.72. The molecule has 1 aliphatic carbocycles. The van der Waals surface area contributed by atoms with Gasteiger partial charge in [0.2, 0.25) is 0 Å². The number of amides is 2. The van der Waals surface area contributed by atoms with Crippen LogP contribution in [0, 0.1) is 0 Å². The molecule has 1 aromatic carbocycles. The molecule has 2 aliphatic rings. The molecule has 21 heavy (non-hydrogen) atoms. The van der Waals surface area contributed by atoms with Crippen LogP contribution >= 0.6 is 0 Å². The highest BCUT2D eigenvalue weighted by Gasteiger charge is 2.37. The lowest BCUT2D eigenvalue weighted by Crippen LogP contribution is -2.56. The Kier molecular flexibility index (Phi) is 3.35. The third-order valence-corrected chi connectivity index (χ3v) is 4.65. The highest BCUT2D eigenvalue weighted by molar-refractivity contribution is 5.95. The van der Waals surface area contributed by atoms with Gasteiger partial charge in [-0.2, -0.15) is 0 Å².